The van der Waals surface area contributed by atoms with Gasteiger partial charge in [0.05, 0.1) is 0 Å². The molecule has 1 aromatic rings. The van der Waals surface area contributed by atoms with Gasteiger partial charge in [-0.05, 0) is 55.8 Å². The number of aryl methyl sites for hydroxylation is 2. The van der Waals surface area contributed by atoms with Crippen LogP contribution < -0.4 is 5.32 Å². The highest BCUT2D eigenvalue weighted by Gasteiger charge is 2.69. The van der Waals surface area contributed by atoms with Crippen molar-refractivity contribution in [1.82, 2.24) is 0 Å². The first-order valence-corrected chi connectivity index (χ1v) is 8.70. The number of ether oxygens (including phenoxy) is 1. The van der Waals surface area contributed by atoms with Gasteiger partial charge in [-0.3, -0.25) is 9.59 Å². The second kappa shape index (κ2) is 6.83. The molecule has 0 saturated heterocycles. The summed E-state index contributed by atoms with van der Waals surface area (Å²) in [6.07, 6.45) is 0.305. The third-order valence-electron chi connectivity index (χ3n) is 3.98. The SMILES string of the molecule is Cc1cc(SC#N)cc(C)c1NC(=O)COC(=O)[C@@]1(C)CC1(Cl)Cl. The van der Waals surface area contributed by atoms with Crippen LogP contribution in [0.1, 0.15) is 24.5 Å². The first-order valence-electron chi connectivity index (χ1n) is 7.13. The molecular formula is C16H16Cl2N2O3S. The number of rotatable bonds is 5. The van der Waals surface area contributed by atoms with Crippen LogP contribution in [0.4, 0.5) is 5.69 Å². The Morgan fingerprint density at radius 2 is 1.92 bits per heavy atom. The average Bonchev–Trinajstić information content (AvgIpc) is 3.00. The molecule has 1 N–H and O–H groups in total. The summed E-state index contributed by atoms with van der Waals surface area (Å²) in [5.41, 5.74) is 1.32. The summed E-state index contributed by atoms with van der Waals surface area (Å²) < 4.78 is 3.89. The van der Waals surface area contributed by atoms with Crippen LogP contribution in [0.25, 0.3) is 0 Å². The van der Waals surface area contributed by atoms with Gasteiger partial charge in [0, 0.05) is 17.0 Å². The average molecular weight is 387 g/mol. The zero-order valence-corrected chi connectivity index (χ0v) is 15.7. The molecule has 0 spiro atoms. The van der Waals surface area contributed by atoms with Crippen molar-refractivity contribution in [3.05, 3.63) is 23.3 Å². The van der Waals surface area contributed by atoms with E-state index in [0.717, 1.165) is 27.8 Å². The van der Waals surface area contributed by atoms with E-state index in [2.05, 4.69) is 5.32 Å². The Bertz CT molecular complexity index is 722. The fourth-order valence-corrected chi connectivity index (χ4v) is 3.59. The van der Waals surface area contributed by atoms with Crippen molar-refractivity contribution < 1.29 is 14.3 Å². The van der Waals surface area contributed by atoms with E-state index >= 15 is 0 Å². The highest BCUT2D eigenvalue weighted by Crippen LogP contribution is 2.64. The summed E-state index contributed by atoms with van der Waals surface area (Å²) in [7, 11) is 0. The Morgan fingerprint density at radius 3 is 2.38 bits per heavy atom. The molecule has 1 saturated carbocycles. The van der Waals surface area contributed by atoms with Gasteiger partial charge in [-0.15, -0.1) is 23.2 Å². The minimum absolute atomic E-state index is 0.305. The van der Waals surface area contributed by atoms with E-state index < -0.39 is 28.2 Å². The van der Waals surface area contributed by atoms with Gasteiger partial charge in [-0.25, -0.2) is 0 Å². The molecule has 8 heteroatoms. The maximum Gasteiger partial charge on any atom is 0.315 e. The molecule has 2 rings (SSSR count). The zero-order valence-electron chi connectivity index (χ0n) is 13.4. The molecule has 0 radical (unpaired) electrons. The van der Waals surface area contributed by atoms with E-state index in [1.54, 1.807) is 6.92 Å². The summed E-state index contributed by atoms with van der Waals surface area (Å²) in [6, 6.07) is 3.62. The third-order valence-corrected chi connectivity index (χ3v) is 5.64. The molecule has 0 aromatic heterocycles. The first kappa shape index (κ1) is 18.9. The molecule has 0 aliphatic heterocycles. The van der Waals surface area contributed by atoms with E-state index in [9.17, 15) is 9.59 Å². The number of halogens is 2. The van der Waals surface area contributed by atoms with Crippen molar-refractivity contribution in [3.63, 3.8) is 0 Å². The molecule has 5 nitrogen and oxygen atoms in total. The van der Waals surface area contributed by atoms with Gasteiger partial charge < -0.3 is 10.1 Å². The number of benzene rings is 1. The molecule has 128 valence electrons. The van der Waals surface area contributed by atoms with Gasteiger partial charge in [-0.1, -0.05) is 0 Å². The summed E-state index contributed by atoms with van der Waals surface area (Å²) >= 11 is 12.9. The number of thiocyanates is 1. The van der Waals surface area contributed by atoms with Crippen LogP contribution in [0.15, 0.2) is 17.0 Å². The Kier molecular flexibility index (Phi) is 5.38. The number of nitrogens with one attached hydrogen (secondary N) is 1. The molecule has 0 bridgehead atoms. The van der Waals surface area contributed by atoms with Crippen LogP contribution in [0.3, 0.4) is 0 Å². The molecule has 1 aromatic carbocycles. The van der Waals surface area contributed by atoms with Crippen molar-refractivity contribution >= 4 is 52.5 Å². The number of hydrogen-bond acceptors (Lipinski definition) is 5. The number of hydrogen-bond donors (Lipinski definition) is 1. The van der Waals surface area contributed by atoms with Crippen LogP contribution in [0.2, 0.25) is 0 Å². The predicted octanol–water partition coefficient (Wildman–Crippen LogP) is 3.94. The minimum Gasteiger partial charge on any atom is -0.455 e. The van der Waals surface area contributed by atoms with E-state index in [1.807, 2.05) is 31.4 Å². The predicted molar refractivity (Wildman–Crippen MR) is 94.1 cm³/mol. The number of nitrogens with zero attached hydrogens (tertiary/aromatic N) is 1. The molecular weight excluding hydrogens is 371 g/mol. The zero-order chi connectivity index (χ0) is 18.1. The summed E-state index contributed by atoms with van der Waals surface area (Å²) in [4.78, 5) is 24.8. The van der Waals surface area contributed by atoms with Crippen molar-refractivity contribution in [2.45, 2.75) is 36.4 Å². The van der Waals surface area contributed by atoms with E-state index in [0.29, 0.717) is 12.1 Å². The highest BCUT2D eigenvalue weighted by atomic mass is 35.5. The minimum atomic E-state index is -1.12. The maximum atomic E-state index is 12.0. The second-order valence-corrected chi connectivity index (χ2v) is 8.31. The first-order chi connectivity index (χ1) is 11.1. The lowest BCUT2D eigenvalue weighted by Gasteiger charge is -2.14. The number of alkyl halides is 2. The number of carbonyl (C=O) groups is 2. The van der Waals surface area contributed by atoms with Gasteiger partial charge >= 0.3 is 5.97 Å². The quantitative estimate of drug-likeness (QED) is 0.358. The van der Waals surface area contributed by atoms with E-state index in [-0.39, 0.29) is 0 Å². The Hall–Kier alpha value is -1.42. The number of amides is 1. The molecule has 0 unspecified atom stereocenters. The number of esters is 1. The van der Waals surface area contributed by atoms with Gasteiger partial charge in [0.2, 0.25) is 0 Å². The Balaban J connectivity index is 1.96. The lowest BCUT2D eigenvalue weighted by molar-refractivity contribution is -0.152. The highest BCUT2D eigenvalue weighted by molar-refractivity contribution is 8.03. The Morgan fingerprint density at radius 1 is 1.38 bits per heavy atom. The number of carbonyl (C=O) groups excluding carboxylic acids is 2. The second-order valence-electron chi connectivity index (χ2n) is 5.96. The molecule has 1 fully saturated rings. The van der Waals surface area contributed by atoms with E-state index in [1.165, 1.54) is 0 Å². The lowest BCUT2D eigenvalue weighted by Crippen LogP contribution is -2.27. The summed E-state index contributed by atoms with van der Waals surface area (Å²) in [6.45, 7) is 4.85. The van der Waals surface area contributed by atoms with Crippen LogP contribution >= 0.6 is 35.0 Å². The maximum absolute atomic E-state index is 12.0. The Labute approximate surface area is 154 Å². The molecule has 1 amide bonds. The third kappa shape index (κ3) is 3.80. The summed E-state index contributed by atoms with van der Waals surface area (Å²) in [5.74, 6) is -1.04. The molecule has 1 atom stereocenters. The van der Waals surface area contributed by atoms with Crippen LogP contribution in [0.5, 0.6) is 0 Å². The fraction of sp³-hybridized carbons (Fsp3) is 0.438. The van der Waals surface area contributed by atoms with Gasteiger partial charge in [-0.2, -0.15) is 5.26 Å². The summed E-state index contributed by atoms with van der Waals surface area (Å²) in [5, 5.41) is 13.5. The molecule has 1 aliphatic rings. The van der Waals surface area contributed by atoms with Crippen molar-refractivity contribution in [2.75, 3.05) is 11.9 Å². The van der Waals surface area contributed by atoms with Crippen molar-refractivity contribution in [3.8, 4) is 5.40 Å². The smallest absolute Gasteiger partial charge is 0.315 e. The van der Waals surface area contributed by atoms with Crippen molar-refractivity contribution in [1.29, 1.82) is 5.26 Å². The lowest BCUT2D eigenvalue weighted by atomic mass is 10.1. The molecule has 0 heterocycles. The molecule has 24 heavy (non-hydrogen) atoms. The van der Waals surface area contributed by atoms with Crippen LogP contribution in [-0.2, 0) is 14.3 Å². The molecule has 1 aliphatic carbocycles. The van der Waals surface area contributed by atoms with Gasteiger partial charge in [0.25, 0.3) is 5.91 Å². The monoisotopic (exact) mass is 386 g/mol. The number of nitriles is 1. The van der Waals surface area contributed by atoms with Crippen LogP contribution in [-0.4, -0.2) is 22.8 Å². The van der Waals surface area contributed by atoms with Gasteiger partial charge in [0.15, 0.2) is 6.61 Å². The number of thioether (sulfide) groups is 1. The normalized spacial score (nSPS) is 20.8. The van der Waals surface area contributed by atoms with Gasteiger partial charge in [0.1, 0.15) is 15.1 Å². The topological polar surface area (TPSA) is 79.2 Å². The van der Waals surface area contributed by atoms with Crippen LogP contribution in [0, 0.1) is 29.9 Å². The largest absolute Gasteiger partial charge is 0.455 e. The fourth-order valence-electron chi connectivity index (χ4n) is 2.32. The number of anilines is 1. The standard InChI is InChI=1S/C16H16Cl2N2O3S/c1-9-4-11(24-8-19)5-10(2)13(9)20-12(21)6-23-14(22)15(3)7-16(15,17)18/h4-5H,6-7H2,1-3H3,(H,20,21)/t15-/m1/s1. The van der Waals surface area contributed by atoms with Crippen molar-refractivity contribution in [2.24, 2.45) is 5.41 Å². The van der Waals surface area contributed by atoms with E-state index in [4.69, 9.17) is 33.2 Å².